The maximum atomic E-state index is 12.7. The Bertz CT molecular complexity index is 695. The minimum atomic E-state index is -0.528. The van der Waals surface area contributed by atoms with Gasteiger partial charge in [-0.25, -0.2) is 0 Å². The number of carbonyl (C=O) groups is 1. The molecule has 0 bridgehead atoms. The van der Waals surface area contributed by atoms with Gasteiger partial charge in [0.15, 0.2) is 0 Å². The van der Waals surface area contributed by atoms with Crippen LogP contribution in [-0.2, 0) is 23.9 Å². The fraction of sp³-hybridized carbons (Fsp3) is 0.412. The van der Waals surface area contributed by atoms with Gasteiger partial charge in [-0.2, -0.15) is 5.10 Å². The number of hydrogen-bond donors (Lipinski definition) is 1. The van der Waals surface area contributed by atoms with Crippen molar-refractivity contribution in [1.82, 2.24) is 14.7 Å². The second-order valence-electron chi connectivity index (χ2n) is 6.11. The van der Waals surface area contributed by atoms with Gasteiger partial charge in [-0.15, -0.1) is 0 Å². The molecule has 122 valence electrons. The Kier molecular flexibility index (Phi) is 4.19. The van der Waals surface area contributed by atoms with E-state index in [0.717, 1.165) is 11.1 Å². The van der Waals surface area contributed by atoms with Crippen molar-refractivity contribution in [1.29, 1.82) is 0 Å². The Morgan fingerprint density at radius 2 is 2.13 bits per heavy atom. The first kappa shape index (κ1) is 15.7. The molecule has 0 saturated carbocycles. The summed E-state index contributed by atoms with van der Waals surface area (Å²) in [6, 6.07) is 7.46. The summed E-state index contributed by atoms with van der Waals surface area (Å²) in [6.07, 6.45) is 3.73. The topological polar surface area (TPSA) is 73.4 Å². The van der Waals surface area contributed by atoms with Crippen LogP contribution >= 0.6 is 0 Å². The molecule has 2 heterocycles. The first-order valence-electron chi connectivity index (χ1n) is 7.73. The molecule has 1 aliphatic heterocycles. The third-order valence-electron chi connectivity index (χ3n) is 4.31. The molecule has 0 aliphatic carbocycles. The molecule has 1 saturated heterocycles. The SMILES string of the molecule is Cn1cc([C@]2(C)CN(C(=O)c3ccc(CN)cc3)CCO2)cn1. The molecular formula is C17H22N4O2. The predicted octanol–water partition coefficient (Wildman–Crippen LogP) is 1.27. The fourth-order valence-corrected chi connectivity index (χ4v) is 2.88. The first-order chi connectivity index (χ1) is 11.0. The molecule has 2 N–H and O–H groups in total. The molecule has 6 heteroatoms. The molecule has 1 fully saturated rings. The monoisotopic (exact) mass is 314 g/mol. The lowest BCUT2D eigenvalue weighted by Crippen LogP contribution is -2.50. The number of benzene rings is 1. The van der Waals surface area contributed by atoms with E-state index < -0.39 is 5.60 Å². The van der Waals surface area contributed by atoms with E-state index in [1.54, 1.807) is 10.9 Å². The van der Waals surface area contributed by atoms with Gasteiger partial charge in [0.2, 0.25) is 0 Å². The largest absolute Gasteiger partial charge is 0.367 e. The fourth-order valence-electron chi connectivity index (χ4n) is 2.88. The van der Waals surface area contributed by atoms with Crippen LogP contribution < -0.4 is 5.73 Å². The number of rotatable bonds is 3. The molecule has 0 unspecified atom stereocenters. The predicted molar refractivity (Wildman–Crippen MR) is 86.7 cm³/mol. The molecular weight excluding hydrogens is 292 g/mol. The van der Waals surface area contributed by atoms with E-state index in [1.807, 2.05) is 49.3 Å². The highest BCUT2D eigenvalue weighted by molar-refractivity contribution is 5.94. The van der Waals surface area contributed by atoms with Crippen LogP contribution in [-0.4, -0.2) is 40.3 Å². The van der Waals surface area contributed by atoms with Crippen molar-refractivity contribution in [3.05, 3.63) is 53.3 Å². The highest BCUT2D eigenvalue weighted by atomic mass is 16.5. The van der Waals surface area contributed by atoms with Crippen LogP contribution in [0.5, 0.6) is 0 Å². The smallest absolute Gasteiger partial charge is 0.254 e. The molecule has 1 atom stereocenters. The second kappa shape index (κ2) is 6.14. The van der Waals surface area contributed by atoms with Gasteiger partial charge in [-0.1, -0.05) is 12.1 Å². The van der Waals surface area contributed by atoms with Crippen molar-refractivity contribution in [3.63, 3.8) is 0 Å². The minimum Gasteiger partial charge on any atom is -0.367 e. The van der Waals surface area contributed by atoms with E-state index in [2.05, 4.69) is 5.10 Å². The van der Waals surface area contributed by atoms with Crippen LogP contribution in [0.3, 0.4) is 0 Å². The normalized spacial score (nSPS) is 21.4. The van der Waals surface area contributed by atoms with Gasteiger partial charge in [-0.3, -0.25) is 9.48 Å². The lowest BCUT2D eigenvalue weighted by atomic mass is 9.96. The van der Waals surface area contributed by atoms with Crippen molar-refractivity contribution in [2.75, 3.05) is 19.7 Å². The van der Waals surface area contributed by atoms with Crippen LogP contribution in [0.1, 0.15) is 28.4 Å². The Balaban J connectivity index is 1.78. The summed E-state index contributed by atoms with van der Waals surface area (Å²) in [5.74, 6) is 0.0204. The Morgan fingerprint density at radius 1 is 1.39 bits per heavy atom. The van der Waals surface area contributed by atoms with Crippen molar-refractivity contribution in [2.24, 2.45) is 12.8 Å². The van der Waals surface area contributed by atoms with Gasteiger partial charge in [0.05, 0.1) is 19.3 Å². The van der Waals surface area contributed by atoms with Crippen molar-refractivity contribution in [2.45, 2.75) is 19.1 Å². The minimum absolute atomic E-state index is 0.0204. The molecule has 1 aromatic carbocycles. The lowest BCUT2D eigenvalue weighted by Gasteiger charge is -2.40. The van der Waals surface area contributed by atoms with E-state index in [9.17, 15) is 4.79 Å². The van der Waals surface area contributed by atoms with E-state index >= 15 is 0 Å². The zero-order chi connectivity index (χ0) is 16.4. The number of ether oxygens (including phenoxy) is 1. The lowest BCUT2D eigenvalue weighted by molar-refractivity contribution is -0.0931. The van der Waals surface area contributed by atoms with Gasteiger partial charge in [0, 0.05) is 37.5 Å². The molecule has 23 heavy (non-hydrogen) atoms. The Labute approximate surface area is 135 Å². The number of morpholine rings is 1. The quantitative estimate of drug-likeness (QED) is 0.926. The van der Waals surface area contributed by atoms with Crippen molar-refractivity contribution < 1.29 is 9.53 Å². The van der Waals surface area contributed by atoms with Crippen LogP contribution in [0.4, 0.5) is 0 Å². The average molecular weight is 314 g/mol. The maximum absolute atomic E-state index is 12.7. The molecule has 2 aromatic rings. The molecule has 1 amide bonds. The first-order valence-corrected chi connectivity index (χ1v) is 7.73. The van der Waals surface area contributed by atoms with E-state index in [0.29, 0.717) is 31.8 Å². The molecule has 0 radical (unpaired) electrons. The summed E-state index contributed by atoms with van der Waals surface area (Å²) in [4.78, 5) is 14.6. The number of nitrogens with zero attached hydrogens (tertiary/aromatic N) is 3. The van der Waals surface area contributed by atoms with Crippen LogP contribution in [0.2, 0.25) is 0 Å². The summed E-state index contributed by atoms with van der Waals surface area (Å²) in [5, 5.41) is 4.21. The summed E-state index contributed by atoms with van der Waals surface area (Å²) in [6.45, 7) is 4.09. The summed E-state index contributed by atoms with van der Waals surface area (Å²) in [7, 11) is 1.87. The van der Waals surface area contributed by atoms with Crippen LogP contribution in [0.25, 0.3) is 0 Å². The Hall–Kier alpha value is -2.18. The van der Waals surface area contributed by atoms with Crippen LogP contribution in [0.15, 0.2) is 36.7 Å². The summed E-state index contributed by atoms with van der Waals surface area (Å²) < 4.78 is 7.70. The highest BCUT2D eigenvalue weighted by Gasteiger charge is 2.36. The standard InChI is InChI=1S/C17H22N4O2/c1-17(15-10-19-20(2)11-15)12-21(7-8-23-17)16(22)14-5-3-13(9-18)4-6-14/h3-6,10-11H,7-9,12,18H2,1-2H3/t17-/m0/s1. The van der Waals surface area contributed by atoms with E-state index in [4.69, 9.17) is 10.5 Å². The van der Waals surface area contributed by atoms with Gasteiger partial charge >= 0.3 is 0 Å². The summed E-state index contributed by atoms with van der Waals surface area (Å²) >= 11 is 0. The van der Waals surface area contributed by atoms with Crippen molar-refractivity contribution in [3.8, 4) is 0 Å². The molecule has 1 aromatic heterocycles. The number of aromatic nitrogens is 2. The summed E-state index contributed by atoms with van der Waals surface area (Å²) in [5.41, 5.74) is 7.75. The van der Waals surface area contributed by atoms with Crippen LogP contribution in [0, 0.1) is 0 Å². The highest BCUT2D eigenvalue weighted by Crippen LogP contribution is 2.29. The van der Waals surface area contributed by atoms with Crippen molar-refractivity contribution >= 4 is 5.91 Å². The van der Waals surface area contributed by atoms with E-state index in [-0.39, 0.29) is 5.91 Å². The zero-order valence-electron chi connectivity index (χ0n) is 13.5. The number of aryl methyl sites for hydroxylation is 1. The number of nitrogens with two attached hydrogens (primary N) is 1. The third kappa shape index (κ3) is 3.13. The number of carbonyl (C=O) groups excluding carboxylic acids is 1. The molecule has 3 rings (SSSR count). The maximum Gasteiger partial charge on any atom is 0.254 e. The zero-order valence-corrected chi connectivity index (χ0v) is 13.5. The number of amides is 1. The second-order valence-corrected chi connectivity index (χ2v) is 6.11. The van der Waals surface area contributed by atoms with E-state index in [1.165, 1.54) is 0 Å². The Morgan fingerprint density at radius 3 is 2.74 bits per heavy atom. The third-order valence-corrected chi connectivity index (χ3v) is 4.31. The van der Waals surface area contributed by atoms with Gasteiger partial charge in [-0.05, 0) is 24.6 Å². The molecule has 1 aliphatic rings. The molecule has 6 nitrogen and oxygen atoms in total. The molecule has 0 spiro atoms. The van der Waals surface area contributed by atoms with Gasteiger partial charge in [0.25, 0.3) is 5.91 Å². The number of hydrogen-bond acceptors (Lipinski definition) is 4. The van der Waals surface area contributed by atoms with Gasteiger partial charge in [0.1, 0.15) is 5.60 Å². The van der Waals surface area contributed by atoms with Gasteiger partial charge < -0.3 is 15.4 Å². The average Bonchev–Trinajstić information content (AvgIpc) is 3.02.